The Morgan fingerprint density at radius 1 is 1.40 bits per heavy atom. The Morgan fingerprint density at radius 3 is 2.68 bits per heavy atom. The molecule has 1 aromatic rings. The number of nitrogens with zero attached hydrogens (tertiary/aromatic N) is 1. The topological polar surface area (TPSA) is 71.0 Å². The van der Waals surface area contributed by atoms with Crippen LogP contribution in [-0.4, -0.2) is 54.9 Å². The van der Waals surface area contributed by atoms with Gasteiger partial charge in [0.15, 0.2) is 11.5 Å². The molecule has 0 aromatic heterocycles. The second-order valence-electron chi connectivity index (χ2n) is 6.02. The van der Waals surface area contributed by atoms with Gasteiger partial charge in [-0.25, -0.2) is 0 Å². The lowest BCUT2D eigenvalue weighted by molar-refractivity contribution is -0.139. The van der Waals surface area contributed by atoms with E-state index in [1.165, 1.54) is 13.2 Å². The minimum absolute atomic E-state index is 0.0157. The summed E-state index contributed by atoms with van der Waals surface area (Å²) in [4.78, 5) is 12.8. The molecule has 0 radical (unpaired) electrons. The van der Waals surface area contributed by atoms with E-state index in [2.05, 4.69) is 10.1 Å². The van der Waals surface area contributed by atoms with Crippen molar-refractivity contribution in [3.8, 4) is 11.5 Å². The van der Waals surface area contributed by atoms with Gasteiger partial charge in [0.2, 0.25) is 0 Å². The third kappa shape index (κ3) is 5.54. The lowest BCUT2D eigenvalue weighted by Crippen LogP contribution is -2.53. The molecule has 1 aliphatic carbocycles. The number of aliphatic carboxylic acids is 1. The van der Waals surface area contributed by atoms with Crippen LogP contribution in [0.4, 0.5) is 8.78 Å². The van der Waals surface area contributed by atoms with Crippen LogP contribution < -0.4 is 14.8 Å². The zero-order chi connectivity index (χ0) is 18.4. The van der Waals surface area contributed by atoms with Gasteiger partial charge in [-0.15, -0.1) is 0 Å². The molecule has 8 heteroatoms. The van der Waals surface area contributed by atoms with Gasteiger partial charge >= 0.3 is 12.6 Å². The molecule has 2 N–H and O–H groups in total. The van der Waals surface area contributed by atoms with Crippen LogP contribution in [0.2, 0.25) is 0 Å². The van der Waals surface area contributed by atoms with Crippen molar-refractivity contribution in [2.75, 3.05) is 20.2 Å². The molecule has 0 amide bonds. The van der Waals surface area contributed by atoms with E-state index in [0.717, 1.165) is 18.4 Å². The minimum Gasteiger partial charge on any atom is -0.493 e. The zero-order valence-electron chi connectivity index (χ0n) is 14.4. The maximum absolute atomic E-state index is 12.4. The molecule has 1 aromatic carbocycles. The largest absolute Gasteiger partial charge is 0.493 e. The molecule has 0 unspecified atom stereocenters. The molecule has 1 saturated carbocycles. The van der Waals surface area contributed by atoms with E-state index in [9.17, 15) is 13.6 Å². The summed E-state index contributed by atoms with van der Waals surface area (Å²) >= 11 is 0. The van der Waals surface area contributed by atoms with E-state index in [0.29, 0.717) is 13.1 Å². The second-order valence-corrected chi connectivity index (χ2v) is 6.02. The maximum Gasteiger partial charge on any atom is 0.387 e. The first kappa shape index (κ1) is 19.4. The van der Waals surface area contributed by atoms with Crippen LogP contribution in [0.1, 0.15) is 25.3 Å². The average molecular weight is 358 g/mol. The van der Waals surface area contributed by atoms with Crippen LogP contribution in [0.15, 0.2) is 18.2 Å². The smallest absolute Gasteiger partial charge is 0.387 e. The second kappa shape index (κ2) is 8.96. The average Bonchev–Trinajstić information content (AvgIpc) is 2.51. The molecule has 25 heavy (non-hydrogen) atoms. The third-order valence-electron chi connectivity index (χ3n) is 4.41. The first-order chi connectivity index (χ1) is 11.9. The number of rotatable bonds is 10. The SMILES string of the molecule is CCN(CC(=O)O)C1CC(NCc2ccc(OC)c(OC(F)F)c2)C1. The molecule has 0 heterocycles. The van der Waals surface area contributed by atoms with Crippen LogP contribution in [0.25, 0.3) is 0 Å². The number of alkyl halides is 2. The molecule has 1 aliphatic rings. The Bertz CT molecular complexity index is 580. The number of carbonyl (C=O) groups is 1. The Kier molecular flexibility index (Phi) is 6.95. The minimum atomic E-state index is -2.90. The molecule has 2 rings (SSSR count). The molecule has 1 fully saturated rings. The number of hydrogen-bond acceptors (Lipinski definition) is 5. The van der Waals surface area contributed by atoms with Crippen molar-refractivity contribution in [3.63, 3.8) is 0 Å². The van der Waals surface area contributed by atoms with Gasteiger partial charge in [-0.1, -0.05) is 13.0 Å². The van der Waals surface area contributed by atoms with Crippen LogP contribution >= 0.6 is 0 Å². The van der Waals surface area contributed by atoms with Crippen LogP contribution in [-0.2, 0) is 11.3 Å². The number of nitrogens with one attached hydrogen (secondary N) is 1. The molecular formula is C17H24F2N2O4. The van der Waals surface area contributed by atoms with Crippen LogP contribution in [0.3, 0.4) is 0 Å². The van der Waals surface area contributed by atoms with Gasteiger partial charge < -0.3 is 19.9 Å². The summed E-state index contributed by atoms with van der Waals surface area (Å²) in [5, 5.41) is 12.3. The number of benzene rings is 1. The number of halogens is 2. The summed E-state index contributed by atoms with van der Waals surface area (Å²) in [6.45, 7) is 0.327. The lowest BCUT2D eigenvalue weighted by Gasteiger charge is -2.42. The van der Waals surface area contributed by atoms with E-state index < -0.39 is 12.6 Å². The highest BCUT2D eigenvalue weighted by Crippen LogP contribution is 2.30. The predicted octanol–water partition coefficient (Wildman–Crippen LogP) is 2.32. The highest BCUT2D eigenvalue weighted by Gasteiger charge is 2.33. The van der Waals surface area contributed by atoms with Gasteiger partial charge in [-0.2, -0.15) is 8.78 Å². The molecule has 0 bridgehead atoms. The first-order valence-corrected chi connectivity index (χ1v) is 8.23. The van der Waals surface area contributed by atoms with Crippen molar-refractivity contribution < 1.29 is 28.2 Å². The van der Waals surface area contributed by atoms with Crippen molar-refractivity contribution in [1.82, 2.24) is 10.2 Å². The van der Waals surface area contributed by atoms with E-state index in [1.807, 2.05) is 11.8 Å². The molecule has 0 saturated heterocycles. The molecule has 0 atom stereocenters. The number of carboxylic acids is 1. The van der Waals surface area contributed by atoms with Gasteiger partial charge in [0.05, 0.1) is 13.7 Å². The molecule has 0 spiro atoms. The standard InChI is InChI=1S/C17H24F2N2O4/c1-3-21(10-16(22)23)13-7-12(8-13)20-9-11-4-5-14(24-2)15(6-11)25-17(18)19/h4-6,12-13,17,20H,3,7-10H2,1-2H3,(H,22,23). The van der Waals surface area contributed by atoms with Gasteiger partial charge in [0, 0.05) is 18.6 Å². The Balaban J connectivity index is 1.83. The number of hydrogen-bond donors (Lipinski definition) is 2. The zero-order valence-corrected chi connectivity index (χ0v) is 14.4. The molecule has 140 valence electrons. The fourth-order valence-corrected chi connectivity index (χ4v) is 3.01. The lowest BCUT2D eigenvalue weighted by atomic mass is 9.85. The van der Waals surface area contributed by atoms with Gasteiger partial charge in [-0.3, -0.25) is 9.69 Å². The van der Waals surface area contributed by atoms with Crippen LogP contribution in [0.5, 0.6) is 11.5 Å². The van der Waals surface area contributed by atoms with Gasteiger partial charge in [-0.05, 0) is 37.1 Å². The van der Waals surface area contributed by atoms with Crippen LogP contribution in [0, 0.1) is 0 Å². The molecule has 6 nitrogen and oxygen atoms in total. The van der Waals surface area contributed by atoms with E-state index in [1.54, 1.807) is 12.1 Å². The number of ether oxygens (including phenoxy) is 2. The predicted molar refractivity (Wildman–Crippen MR) is 88.2 cm³/mol. The van der Waals surface area contributed by atoms with Crippen molar-refractivity contribution in [2.45, 2.75) is 45.0 Å². The fourth-order valence-electron chi connectivity index (χ4n) is 3.01. The number of methoxy groups -OCH3 is 1. The first-order valence-electron chi connectivity index (χ1n) is 8.23. The fraction of sp³-hybridized carbons (Fsp3) is 0.588. The summed E-state index contributed by atoms with van der Waals surface area (Å²) in [6.07, 6.45) is 1.75. The summed E-state index contributed by atoms with van der Waals surface area (Å²) in [6, 6.07) is 5.49. The quantitative estimate of drug-likeness (QED) is 0.669. The van der Waals surface area contributed by atoms with Crippen molar-refractivity contribution in [2.24, 2.45) is 0 Å². The Morgan fingerprint density at radius 2 is 2.12 bits per heavy atom. The van der Waals surface area contributed by atoms with Crippen molar-refractivity contribution in [3.05, 3.63) is 23.8 Å². The maximum atomic E-state index is 12.4. The summed E-state index contributed by atoms with van der Waals surface area (Å²) in [5.41, 5.74) is 0.817. The van der Waals surface area contributed by atoms with E-state index >= 15 is 0 Å². The van der Waals surface area contributed by atoms with Crippen molar-refractivity contribution in [1.29, 1.82) is 0 Å². The normalized spacial score (nSPS) is 19.8. The number of carboxylic acid groups (broad SMARTS) is 1. The summed E-state index contributed by atoms with van der Waals surface area (Å²) in [5.74, 6) is -0.537. The Labute approximate surface area is 145 Å². The van der Waals surface area contributed by atoms with Gasteiger partial charge in [0.25, 0.3) is 0 Å². The van der Waals surface area contributed by atoms with Crippen molar-refractivity contribution >= 4 is 5.97 Å². The summed E-state index contributed by atoms with van der Waals surface area (Å²) in [7, 11) is 1.40. The molecule has 0 aliphatic heterocycles. The van der Waals surface area contributed by atoms with E-state index in [-0.39, 0.29) is 30.1 Å². The summed E-state index contributed by atoms with van der Waals surface area (Å²) < 4.78 is 34.4. The van der Waals surface area contributed by atoms with Gasteiger partial charge in [0.1, 0.15) is 0 Å². The third-order valence-corrected chi connectivity index (χ3v) is 4.41. The highest BCUT2D eigenvalue weighted by atomic mass is 19.3. The Hall–Kier alpha value is -1.93. The molecular weight excluding hydrogens is 334 g/mol. The number of likely N-dealkylation sites (N-methyl/N-ethyl adjacent to an activating group) is 1. The van der Waals surface area contributed by atoms with E-state index in [4.69, 9.17) is 9.84 Å². The monoisotopic (exact) mass is 358 g/mol. The highest BCUT2D eigenvalue weighted by molar-refractivity contribution is 5.69.